The van der Waals surface area contributed by atoms with Crippen molar-refractivity contribution in [3.8, 4) is 11.3 Å². The maximum atomic E-state index is 12.4. The summed E-state index contributed by atoms with van der Waals surface area (Å²) < 4.78 is 11.5. The van der Waals surface area contributed by atoms with Crippen molar-refractivity contribution in [1.29, 1.82) is 0 Å². The van der Waals surface area contributed by atoms with Gasteiger partial charge in [-0.1, -0.05) is 42.5 Å². The molecule has 5 aromatic rings. The fraction of sp³-hybridized carbons (Fsp3) is 0.0370. The average molecular weight is 465 g/mol. The lowest BCUT2D eigenvalue weighted by atomic mass is 10.1. The molecule has 1 N–H and O–H groups in total. The van der Waals surface area contributed by atoms with Crippen LogP contribution in [0.4, 0.5) is 11.4 Å². The lowest BCUT2D eigenvalue weighted by molar-refractivity contribution is -0.384. The van der Waals surface area contributed by atoms with Crippen LogP contribution < -0.4 is 5.32 Å². The number of hydrogen-bond donors (Lipinski definition) is 1. The number of carbonyl (C=O) groups is 1. The predicted octanol–water partition coefficient (Wildman–Crippen LogP) is 6.24. The highest BCUT2D eigenvalue weighted by molar-refractivity contribution is 6.02. The van der Waals surface area contributed by atoms with Crippen molar-refractivity contribution >= 4 is 34.5 Å². The molecule has 2 heterocycles. The summed E-state index contributed by atoms with van der Waals surface area (Å²) in [6.45, 7) is 0. The van der Waals surface area contributed by atoms with Gasteiger partial charge in [0.05, 0.1) is 10.5 Å². The third kappa shape index (κ3) is 5.01. The molecule has 8 nitrogen and oxygen atoms in total. The second-order valence-electron chi connectivity index (χ2n) is 7.75. The first-order valence-electron chi connectivity index (χ1n) is 10.8. The number of amides is 1. The molecule has 5 rings (SSSR count). The Kier molecular flexibility index (Phi) is 5.92. The highest BCUT2D eigenvalue weighted by Crippen LogP contribution is 2.31. The van der Waals surface area contributed by atoms with Gasteiger partial charge < -0.3 is 14.2 Å². The molecule has 0 saturated heterocycles. The number of aromatic nitrogens is 1. The van der Waals surface area contributed by atoms with Gasteiger partial charge in [-0.2, -0.15) is 0 Å². The molecule has 0 aliphatic carbocycles. The van der Waals surface area contributed by atoms with E-state index in [1.807, 2.05) is 30.3 Å². The zero-order valence-electron chi connectivity index (χ0n) is 18.4. The Bertz CT molecular complexity index is 1550. The zero-order valence-corrected chi connectivity index (χ0v) is 18.4. The summed E-state index contributed by atoms with van der Waals surface area (Å²) in [7, 11) is 0. The summed E-state index contributed by atoms with van der Waals surface area (Å²) >= 11 is 0. The predicted molar refractivity (Wildman–Crippen MR) is 132 cm³/mol. The molecular formula is C27H19N3O5. The number of hydrogen-bond acceptors (Lipinski definition) is 6. The summed E-state index contributed by atoms with van der Waals surface area (Å²) in [4.78, 5) is 27.7. The molecule has 0 spiro atoms. The van der Waals surface area contributed by atoms with Crippen molar-refractivity contribution in [3.05, 3.63) is 118 Å². The molecule has 0 unspecified atom stereocenters. The number of rotatable bonds is 7. The molecule has 0 aliphatic rings. The number of benzene rings is 3. The van der Waals surface area contributed by atoms with Gasteiger partial charge in [-0.3, -0.25) is 14.9 Å². The number of carbonyl (C=O) groups excluding carboxylic acids is 1. The normalized spacial score (nSPS) is 11.2. The van der Waals surface area contributed by atoms with E-state index in [0.717, 1.165) is 5.56 Å². The molecule has 0 saturated carbocycles. The van der Waals surface area contributed by atoms with Crippen molar-refractivity contribution < 1.29 is 18.6 Å². The summed E-state index contributed by atoms with van der Waals surface area (Å²) in [5.74, 6) is 0.980. The van der Waals surface area contributed by atoms with Crippen LogP contribution in [0.15, 0.2) is 99.8 Å². The first-order chi connectivity index (χ1) is 17.0. The van der Waals surface area contributed by atoms with Crippen LogP contribution in [0.1, 0.15) is 17.2 Å². The molecule has 2 aromatic heterocycles. The van der Waals surface area contributed by atoms with Gasteiger partial charge in [-0.05, 0) is 48.0 Å². The van der Waals surface area contributed by atoms with Crippen LogP contribution >= 0.6 is 0 Å². The monoisotopic (exact) mass is 465 g/mol. The van der Waals surface area contributed by atoms with E-state index in [1.54, 1.807) is 48.5 Å². The van der Waals surface area contributed by atoms with E-state index in [0.29, 0.717) is 46.2 Å². The summed E-state index contributed by atoms with van der Waals surface area (Å²) in [6.07, 6.45) is 3.41. The van der Waals surface area contributed by atoms with E-state index < -0.39 is 4.92 Å². The van der Waals surface area contributed by atoms with Gasteiger partial charge in [0, 0.05) is 24.3 Å². The first kappa shape index (κ1) is 21.8. The smallest absolute Gasteiger partial charge is 0.280 e. The third-order valence-corrected chi connectivity index (χ3v) is 5.29. The number of oxazole rings is 1. The first-order valence-corrected chi connectivity index (χ1v) is 10.8. The van der Waals surface area contributed by atoms with Gasteiger partial charge in [-0.15, -0.1) is 0 Å². The molecule has 1 amide bonds. The largest absolute Gasteiger partial charge is 0.456 e. The molecule has 35 heavy (non-hydrogen) atoms. The van der Waals surface area contributed by atoms with Crippen molar-refractivity contribution in [2.75, 3.05) is 5.32 Å². The maximum absolute atomic E-state index is 12.4. The second kappa shape index (κ2) is 9.48. The molecule has 0 fully saturated rings. The standard InChI is InChI=1S/C27H19N3O5/c31-26(15-12-20-11-14-24(34-20)21-8-4-5-9-23(21)30(32)33)28-19-10-13-25-22(17-19)29-27(35-25)16-18-6-2-1-3-7-18/h1-15,17H,16H2,(H,28,31)/b15-12+. The second-order valence-corrected chi connectivity index (χ2v) is 7.75. The van der Waals surface area contributed by atoms with E-state index >= 15 is 0 Å². The number of furan rings is 1. The minimum atomic E-state index is -0.461. The Morgan fingerprint density at radius 3 is 2.60 bits per heavy atom. The highest BCUT2D eigenvalue weighted by Gasteiger charge is 2.16. The lowest BCUT2D eigenvalue weighted by Gasteiger charge is -2.01. The van der Waals surface area contributed by atoms with Crippen LogP contribution in [0.5, 0.6) is 0 Å². The van der Waals surface area contributed by atoms with E-state index in [1.165, 1.54) is 18.2 Å². The van der Waals surface area contributed by atoms with Crippen LogP contribution in [0.2, 0.25) is 0 Å². The van der Waals surface area contributed by atoms with Crippen molar-refractivity contribution in [1.82, 2.24) is 4.98 Å². The molecule has 172 valence electrons. The minimum absolute atomic E-state index is 0.0507. The summed E-state index contributed by atoms with van der Waals surface area (Å²) in [5, 5.41) is 14.0. The fourth-order valence-electron chi connectivity index (χ4n) is 3.67. The molecule has 0 atom stereocenters. The van der Waals surface area contributed by atoms with Gasteiger partial charge in [0.15, 0.2) is 11.5 Å². The number of nitrogens with one attached hydrogen (secondary N) is 1. The van der Waals surface area contributed by atoms with Crippen LogP contribution in [0.25, 0.3) is 28.5 Å². The average Bonchev–Trinajstić information content (AvgIpc) is 3.50. The fourth-order valence-corrected chi connectivity index (χ4v) is 3.67. The molecule has 0 aliphatic heterocycles. The van der Waals surface area contributed by atoms with Crippen LogP contribution in [-0.4, -0.2) is 15.8 Å². The number of nitrogens with zero attached hydrogens (tertiary/aromatic N) is 2. The molecule has 0 bridgehead atoms. The van der Waals surface area contributed by atoms with Gasteiger partial charge in [0.1, 0.15) is 17.0 Å². The number of nitro groups is 1. The summed E-state index contributed by atoms with van der Waals surface area (Å²) in [5.41, 5.74) is 3.28. The zero-order chi connectivity index (χ0) is 24.2. The van der Waals surface area contributed by atoms with Gasteiger partial charge in [0.2, 0.25) is 5.91 Å². The van der Waals surface area contributed by atoms with Crippen LogP contribution in [-0.2, 0) is 11.2 Å². The lowest BCUT2D eigenvalue weighted by Crippen LogP contribution is -2.07. The van der Waals surface area contributed by atoms with Gasteiger partial charge in [0.25, 0.3) is 5.69 Å². The number of fused-ring (bicyclic) bond motifs is 1. The molecule has 0 radical (unpaired) electrons. The number of para-hydroxylation sites is 1. The maximum Gasteiger partial charge on any atom is 0.280 e. The van der Waals surface area contributed by atoms with Crippen LogP contribution in [0, 0.1) is 10.1 Å². The quantitative estimate of drug-likeness (QED) is 0.173. The van der Waals surface area contributed by atoms with Crippen LogP contribution in [0.3, 0.4) is 0 Å². The SMILES string of the molecule is O=C(/C=C/c1ccc(-c2ccccc2[N+](=O)[O-])o1)Nc1ccc2oc(Cc3ccccc3)nc2c1. The number of anilines is 1. The highest BCUT2D eigenvalue weighted by atomic mass is 16.6. The minimum Gasteiger partial charge on any atom is -0.456 e. The molecule has 3 aromatic carbocycles. The summed E-state index contributed by atoms with van der Waals surface area (Å²) in [6, 6.07) is 24.8. The molecular weight excluding hydrogens is 446 g/mol. The van der Waals surface area contributed by atoms with E-state index in [9.17, 15) is 14.9 Å². The van der Waals surface area contributed by atoms with Gasteiger partial charge in [-0.25, -0.2) is 4.98 Å². The van der Waals surface area contributed by atoms with Crippen molar-refractivity contribution in [3.63, 3.8) is 0 Å². The van der Waals surface area contributed by atoms with Crippen molar-refractivity contribution in [2.45, 2.75) is 6.42 Å². The van der Waals surface area contributed by atoms with E-state index in [-0.39, 0.29) is 11.6 Å². The Morgan fingerprint density at radius 1 is 0.971 bits per heavy atom. The topological polar surface area (TPSA) is 111 Å². The Labute approximate surface area is 199 Å². The number of nitro benzene ring substituents is 1. The van der Waals surface area contributed by atoms with Gasteiger partial charge >= 0.3 is 0 Å². The Balaban J connectivity index is 1.26. The van der Waals surface area contributed by atoms with E-state index in [2.05, 4.69) is 10.3 Å². The third-order valence-electron chi connectivity index (χ3n) is 5.29. The Morgan fingerprint density at radius 2 is 1.77 bits per heavy atom. The van der Waals surface area contributed by atoms with Crippen molar-refractivity contribution in [2.24, 2.45) is 0 Å². The molecule has 8 heteroatoms. The van der Waals surface area contributed by atoms with E-state index in [4.69, 9.17) is 8.83 Å². The Hall–Kier alpha value is -4.98.